The topological polar surface area (TPSA) is 134 Å². The number of benzene rings is 4. The maximum atomic E-state index is 13.2. The van der Waals surface area contributed by atoms with Gasteiger partial charge in [-0.1, -0.05) is 36.4 Å². The van der Waals surface area contributed by atoms with Gasteiger partial charge in [-0.3, -0.25) is 9.59 Å². The van der Waals surface area contributed by atoms with Crippen LogP contribution in [-0.2, 0) is 4.79 Å². The van der Waals surface area contributed by atoms with Gasteiger partial charge in [-0.25, -0.2) is 10.2 Å². The summed E-state index contributed by atoms with van der Waals surface area (Å²) in [7, 11) is 0. The quantitative estimate of drug-likeness (QED) is 0.104. The monoisotopic (exact) mass is 577 g/mol. The van der Waals surface area contributed by atoms with Crippen molar-refractivity contribution in [2.75, 3.05) is 13.6 Å². The third-order valence-corrected chi connectivity index (χ3v) is 6.34. The van der Waals surface area contributed by atoms with E-state index in [9.17, 15) is 14.4 Å². The summed E-state index contributed by atoms with van der Waals surface area (Å²) in [5, 5.41) is 6.69. The molecule has 11 heteroatoms. The van der Waals surface area contributed by atoms with Crippen LogP contribution >= 0.6 is 0 Å². The Morgan fingerprint density at radius 1 is 0.721 bits per heavy atom. The van der Waals surface area contributed by atoms with Gasteiger partial charge in [-0.15, -0.1) is 0 Å². The molecule has 0 atom stereocenters. The molecule has 2 N–H and O–H groups in total. The molecule has 0 aliphatic carbocycles. The van der Waals surface area contributed by atoms with Crippen molar-refractivity contribution in [1.82, 2.24) is 10.7 Å². The zero-order valence-electron chi connectivity index (χ0n) is 22.4. The summed E-state index contributed by atoms with van der Waals surface area (Å²) in [5.41, 5.74) is 4.02. The van der Waals surface area contributed by atoms with E-state index in [1.165, 1.54) is 12.3 Å². The Bertz CT molecular complexity index is 1770. The molecule has 0 unspecified atom stereocenters. The number of ether oxygens (including phenoxy) is 5. The van der Waals surface area contributed by atoms with Crippen molar-refractivity contribution in [3.05, 3.63) is 119 Å². The highest BCUT2D eigenvalue weighted by atomic mass is 16.7. The van der Waals surface area contributed by atoms with Gasteiger partial charge in [0, 0.05) is 11.1 Å². The first-order chi connectivity index (χ1) is 21.0. The second-order valence-corrected chi connectivity index (χ2v) is 9.19. The Labute approximate surface area is 245 Å². The van der Waals surface area contributed by atoms with Gasteiger partial charge in [0.15, 0.2) is 23.0 Å². The van der Waals surface area contributed by atoms with Crippen molar-refractivity contribution in [2.24, 2.45) is 5.10 Å². The predicted octanol–water partition coefficient (Wildman–Crippen LogP) is 4.28. The fourth-order valence-corrected chi connectivity index (χ4v) is 4.20. The third-order valence-electron chi connectivity index (χ3n) is 6.34. The third kappa shape index (κ3) is 6.30. The number of hydrogen-bond donors (Lipinski definition) is 2. The van der Waals surface area contributed by atoms with Gasteiger partial charge in [-0.05, 0) is 66.2 Å². The van der Waals surface area contributed by atoms with Crippen LogP contribution in [0.5, 0.6) is 28.7 Å². The van der Waals surface area contributed by atoms with E-state index in [1.807, 2.05) is 0 Å². The maximum absolute atomic E-state index is 13.2. The normalized spacial score (nSPS) is 13.1. The number of amides is 2. The molecule has 2 aliphatic heterocycles. The lowest BCUT2D eigenvalue weighted by atomic mass is 10.1. The molecule has 2 aliphatic rings. The standard InChI is InChI=1S/C32H23N3O8/c36-30(21-6-2-1-3-7-21)34-24(14-20-10-12-26-28(15-20)41-18-39-26)31(37)35-33-17-23-8-4-5-9-25(23)43-32(38)22-11-13-27-29(16-22)42-19-40-27/h1-17H,18-19H2,(H,34,36)(H,35,37). The van der Waals surface area contributed by atoms with Crippen LogP contribution in [0.1, 0.15) is 31.8 Å². The zero-order chi connectivity index (χ0) is 29.6. The van der Waals surface area contributed by atoms with Crippen LogP contribution in [-0.4, -0.2) is 37.6 Å². The summed E-state index contributed by atoms with van der Waals surface area (Å²) in [5.74, 6) is 0.549. The second-order valence-electron chi connectivity index (χ2n) is 9.19. The Morgan fingerprint density at radius 3 is 2.19 bits per heavy atom. The van der Waals surface area contributed by atoms with Gasteiger partial charge in [-0.2, -0.15) is 5.10 Å². The van der Waals surface area contributed by atoms with Gasteiger partial charge in [0.05, 0.1) is 11.8 Å². The van der Waals surface area contributed by atoms with Crippen molar-refractivity contribution in [3.63, 3.8) is 0 Å². The number of carbonyl (C=O) groups is 3. The number of para-hydroxylation sites is 1. The summed E-state index contributed by atoms with van der Waals surface area (Å²) in [4.78, 5) is 38.9. The number of nitrogens with one attached hydrogen (secondary N) is 2. The first-order valence-electron chi connectivity index (χ1n) is 13.1. The van der Waals surface area contributed by atoms with Gasteiger partial charge in [0.2, 0.25) is 13.6 Å². The van der Waals surface area contributed by atoms with E-state index in [2.05, 4.69) is 15.8 Å². The first kappa shape index (κ1) is 27.1. The minimum atomic E-state index is -0.687. The Morgan fingerprint density at radius 2 is 1.40 bits per heavy atom. The van der Waals surface area contributed by atoms with Crippen LogP contribution in [0, 0.1) is 0 Å². The average Bonchev–Trinajstić information content (AvgIpc) is 3.71. The molecule has 2 heterocycles. The van der Waals surface area contributed by atoms with Crippen molar-refractivity contribution >= 4 is 30.1 Å². The number of nitrogens with zero attached hydrogens (tertiary/aromatic N) is 1. The van der Waals surface area contributed by atoms with E-state index in [-0.39, 0.29) is 30.6 Å². The van der Waals surface area contributed by atoms with Crippen LogP contribution < -0.4 is 34.4 Å². The van der Waals surface area contributed by atoms with Crippen molar-refractivity contribution in [3.8, 4) is 28.7 Å². The Hall–Kier alpha value is -6.10. The molecule has 0 aromatic heterocycles. The molecule has 0 saturated heterocycles. The molecule has 0 spiro atoms. The van der Waals surface area contributed by atoms with E-state index < -0.39 is 17.8 Å². The summed E-state index contributed by atoms with van der Waals surface area (Å²) in [6.45, 7) is 0.186. The van der Waals surface area contributed by atoms with Crippen molar-refractivity contribution in [1.29, 1.82) is 0 Å². The largest absolute Gasteiger partial charge is 0.454 e. The van der Waals surface area contributed by atoms with E-state index >= 15 is 0 Å². The van der Waals surface area contributed by atoms with Gasteiger partial charge in [0.25, 0.3) is 11.8 Å². The lowest BCUT2D eigenvalue weighted by molar-refractivity contribution is -0.117. The van der Waals surface area contributed by atoms with Crippen LogP contribution in [0.4, 0.5) is 0 Å². The molecule has 214 valence electrons. The highest BCUT2D eigenvalue weighted by molar-refractivity contribution is 6.05. The molecular formula is C32H23N3O8. The molecule has 0 radical (unpaired) electrons. The van der Waals surface area contributed by atoms with E-state index in [1.54, 1.807) is 91.0 Å². The molecule has 11 nitrogen and oxygen atoms in total. The fourth-order valence-electron chi connectivity index (χ4n) is 4.20. The van der Waals surface area contributed by atoms with Crippen molar-refractivity contribution < 1.29 is 38.1 Å². The van der Waals surface area contributed by atoms with Gasteiger partial charge < -0.3 is 29.0 Å². The van der Waals surface area contributed by atoms with E-state index in [4.69, 9.17) is 23.7 Å². The van der Waals surface area contributed by atoms with Crippen LogP contribution in [0.2, 0.25) is 0 Å². The van der Waals surface area contributed by atoms with Crippen LogP contribution in [0.25, 0.3) is 6.08 Å². The summed E-state index contributed by atoms with van der Waals surface area (Å²) in [6, 6.07) is 25.0. The number of rotatable bonds is 8. The number of carbonyl (C=O) groups excluding carboxylic acids is 3. The molecular weight excluding hydrogens is 554 g/mol. The Kier molecular flexibility index (Phi) is 7.68. The molecule has 0 fully saturated rings. The molecule has 2 amide bonds. The fraction of sp³-hybridized carbons (Fsp3) is 0.0625. The smallest absolute Gasteiger partial charge is 0.343 e. The second kappa shape index (κ2) is 12.2. The highest BCUT2D eigenvalue weighted by Crippen LogP contribution is 2.34. The summed E-state index contributed by atoms with van der Waals surface area (Å²) in [6.07, 6.45) is 2.83. The molecule has 43 heavy (non-hydrogen) atoms. The summed E-state index contributed by atoms with van der Waals surface area (Å²) < 4.78 is 27.0. The van der Waals surface area contributed by atoms with Crippen LogP contribution in [0.15, 0.2) is 102 Å². The van der Waals surface area contributed by atoms with Crippen LogP contribution in [0.3, 0.4) is 0 Å². The van der Waals surface area contributed by atoms with E-state index in [0.717, 1.165) is 0 Å². The zero-order valence-corrected chi connectivity index (χ0v) is 22.4. The lowest BCUT2D eigenvalue weighted by Crippen LogP contribution is -2.32. The lowest BCUT2D eigenvalue weighted by Gasteiger charge is -2.10. The molecule has 0 saturated carbocycles. The van der Waals surface area contributed by atoms with E-state index in [0.29, 0.717) is 39.7 Å². The number of hydrazone groups is 1. The maximum Gasteiger partial charge on any atom is 0.343 e. The molecule has 0 bridgehead atoms. The Balaban J connectivity index is 1.18. The number of esters is 1. The molecule has 4 aromatic carbocycles. The minimum Gasteiger partial charge on any atom is -0.454 e. The number of hydrogen-bond acceptors (Lipinski definition) is 9. The molecule has 6 rings (SSSR count). The van der Waals surface area contributed by atoms with Gasteiger partial charge >= 0.3 is 5.97 Å². The SMILES string of the molecule is O=C(NN=Cc1ccccc1OC(=O)c1ccc2c(c1)OCO2)C(=Cc1ccc2c(c1)OCO2)NC(=O)c1ccccc1. The van der Waals surface area contributed by atoms with Gasteiger partial charge in [0.1, 0.15) is 11.4 Å². The molecule has 4 aromatic rings. The predicted molar refractivity (Wildman–Crippen MR) is 154 cm³/mol. The van der Waals surface area contributed by atoms with Crippen molar-refractivity contribution in [2.45, 2.75) is 0 Å². The first-order valence-corrected chi connectivity index (χ1v) is 13.1. The highest BCUT2D eigenvalue weighted by Gasteiger charge is 2.19. The minimum absolute atomic E-state index is 0.0626. The average molecular weight is 578 g/mol. The summed E-state index contributed by atoms with van der Waals surface area (Å²) >= 11 is 0. The number of fused-ring (bicyclic) bond motifs is 2.